The van der Waals surface area contributed by atoms with Gasteiger partial charge in [0.05, 0.1) is 0 Å². The normalized spacial score (nSPS) is 11.2. The van der Waals surface area contributed by atoms with Crippen molar-refractivity contribution in [2.24, 2.45) is 0 Å². The quantitative estimate of drug-likeness (QED) is 0.733. The summed E-state index contributed by atoms with van der Waals surface area (Å²) in [6, 6.07) is 5.66. The van der Waals surface area contributed by atoms with Crippen LogP contribution in [-0.2, 0) is 0 Å². The molecule has 0 bridgehead atoms. The lowest BCUT2D eigenvalue weighted by atomic mass is 9.90. The summed E-state index contributed by atoms with van der Waals surface area (Å²) in [5.41, 5.74) is 2.60. The van der Waals surface area contributed by atoms with Crippen LogP contribution in [0.25, 0.3) is 0 Å². The zero-order valence-corrected chi connectivity index (χ0v) is 8.83. The first-order valence-electron chi connectivity index (χ1n) is 4.85. The van der Waals surface area contributed by atoms with Crippen LogP contribution in [-0.4, -0.2) is 5.11 Å². The number of aromatic hydroxyl groups is 1. The number of rotatable bonds is 2. The van der Waals surface area contributed by atoms with Crippen LogP contribution in [0.3, 0.4) is 0 Å². The number of phenols is 1. The zero-order chi connectivity index (χ0) is 10.0. The molecule has 0 unspecified atom stereocenters. The van der Waals surface area contributed by atoms with E-state index in [1.54, 1.807) is 6.07 Å². The molecule has 0 aliphatic heterocycles. The van der Waals surface area contributed by atoms with Crippen LogP contribution in [0, 0.1) is 0 Å². The third kappa shape index (κ3) is 2.24. The molecule has 0 radical (unpaired) electrons. The minimum Gasteiger partial charge on any atom is -0.508 e. The average Bonchev–Trinajstić information content (AvgIpc) is 2.03. The second-order valence-electron chi connectivity index (χ2n) is 4.12. The maximum atomic E-state index is 9.37. The predicted octanol–water partition coefficient (Wildman–Crippen LogP) is 3.64. The van der Waals surface area contributed by atoms with Gasteiger partial charge in [0.1, 0.15) is 5.75 Å². The molecule has 0 spiro atoms. The standard InChI is InChI=1S/C12H18O/c1-8(2)11-6-5-10(13)7-12(11)9(3)4/h5-9,13H,1-4H3. The van der Waals surface area contributed by atoms with Crippen LogP contribution in [0.4, 0.5) is 0 Å². The van der Waals surface area contributed by atoms with Crippen LogP contribution < -0.4 is 0 Å². The van der Waals surface area contributed by atoms with E-state index in [9.17, 15) is 5.11 Å². The maximum Gasteiger partial charge on any atom is 0.115 e. The first-order chi connectivity index (χ1) is 6.02. The summed E-state index contributed by atoms with van der Waals surface area (Å²) in [6.45, 7) is 8.66. The summed E-state index contributed by atoms with van der Waals surface area (Å²) in [6.07, 6.45) is 0. The molecule has 13 heavy (non-hydrogen) atoms. The Morgan fingerprint density at radius 2 is 1.46 bits per heavy atom. The van der Waals surface area contributed by atoms with Crippen molar-refractivity contribution in [1.29, 1.82) is 0 Å². The first-order valence-corrected chi connectivity index (χ1v) is 4.85. The van der Waals surface area contributed by atoms with E-state index in [1.807, 2.05) is 12.1 Å². The van der Waals surface area contributed by atoms with Crippen molar-refractivity contribution >= 4 is 0 Å². The van der Waals surface area contributed by atoms with Gasteiger partial charge in [0.15, 0.2) is 0 Å². The summed E-state index contributed by atoms with van der Waals surface area (Å²) in [4.78, 5) is 0. The number of benzene rings is 1. The third-order valence-electron chi connectivity index (χ3n) is 2.31. The molecular formula is C12H18O. The van der Waals surface area contributed by atoms with E-state index in [1.165, 1.54) is 11.1 Å². The van der Waals surface area contributed by atoms with Crippen LogP contribution >= 0.6 is 0 Å². The van der Waals surface area contributed by atoms with Crippen molar-refractivity contribution in [3.8, 4) is 5.75 Å². The number of phenolic OH excluding ortho intramolecular Hbond substituents is 1. The van der Waals surface area contributed by atoms with E-state index in [4.69, 9.17) is 0 Å². The van der Waals surface area contributed by atoms with Gasteiger partial charge in [-0.05, 0) is 35.1 Å². The molecule has 0 aromatic heterocycles. The fourth-order valence-electron chi connectivity index (χ4n) is 1.59. The highest BCUT2D eigenvalue weighted by Crippen LogP contribution is 2.28. The molecule has 0 atom stereocenters. The molecule has 72 valence electrons. The minimum atomic E-state index is 0.369. The smallest absolute Gasteiger partial charge is 0.115 e. The molecule has 1 heteroatoms. The van der Waals surface area contributed by atoms with E-state index in [0.29, 0.717) is 17.6 Å². The fourth-order valence-corrected chi connectivity index (χ4v) is 1.59. The van der Waals surface area contributed by atoms with Crippen LogP contribution in [0.2, 0.25) is 0 Å². The van der Waals surface area contributed by atoms with E-state index in [-0.39, 0.29) is 0 Å². The van der Waals surface area contributed by atoms with Crippen molar-refractivity contribution in [1.82, 2.24) is 0 Å². The monoisotopic (exact) mass is 178 g/mol. The Morgan fingerprint density at radius 1 is 0.923 bits per heavy atom. The zero-order valence-electron chi connectivity index (χ0n) is 8.83. The lowest BCUT2D eigenvalue weighted by Gasteiger charge is -2.15. The van der Waals surface area contributed by atoms with Crippen molar-refractivity contribution in [3.05, 3.63) is 29.3 Å². The molecule has 1 aromatic rings. The molecule has 0 saturated heterocycles. The highest BCUT2D eigenvalue weighted by Gasteiger charge is 2.09. The molecule has 0 aliphatic carbocycles. The largest absolute Gasteiger partial charge is 0.508 e. The maximum absolute atomic E-state index is 9.37. The summed E-state index contributed by atoms with van der Waals surface area (Å²) >= 11 is 0. The lowest BCUT2D eigenvalue weighted by Crippen LogP contribution is -1.97. The van der Waals surface area contributed by atoms with Crippen LogP contribution in [0.1, 0.15) is 50.7 Å². The second kappa shape index (κ2) is 3.82. The van der Waals surface area contributed by atoms with Gasteiger partial charge in [0.25, 0.3) is 0 Å². The van der Waals surface area contributed by atoms with Crippen molar-refractivity contribution in [2.75, 3.05) is 0 Å². The Kier molecular flexibility index (Phi) is 2.97. The van der Waals surface area contributed by atoms with Gasteiger partial charge in [0.2, 0.25) is 0 Å². The molecule has 1 N–H and O–H groups in total. The van der Waals surface area contributed by atoms with E-state index in [0.717, 1.165) is 0 Å². The molecule has 0 aliphatic rings. The van der Waals surface area contributed by atoms with Crippen molar-refractivity contribution in [3.63, 3.8) is 0 Å². The molecule has 1 nitrogen and oxygen atoms in total. The fraction of sp³-hybridized carbons (Fsp3) is 0.500. The Bertz CT molecular complexity index is 287. The van der Waals surface area contributed by atoms with Crippen molar-refractivity contribution < 1.29 is 5.11 Å². The third-order valence-corrected chi connectivity index (χ3v) is 2.31. The van der Waals surface area contributed by atoms with Gasteiger partial charge in [0, 0.05) is 0 Å². The molecule has 0 heterocycles. The van der Waals surface area contributed by atoms with Gasteiger partial charge in [-0.15, -0.1) is 0 Å². The average molecular weight is 178 g/mol. The molecule has 1 rings (SSSR count). The molecule has 1 aromatic carbocycles. The van der Waals surface area contributed by atoms with E-state index >= 15 is 0 Å². The van der Waals surface area contributed by atoms with Crippen molar-refractivity contribution in [2.45, 2.75) is 39.5 Å². The minimum absolute atomic E-state index is 0.369. The summed E-state index contributed by atoms with van der Waals surface area (Å²) in [5, 5.41) is 9.37. The van der Waals surface area contributed by atoms with Crippen LogP contribution in [0.15, 0.2) is 18.2 Å². The van der Waals surface area contributed by atoms with Gasteiger partial charge in [-0.3, -0.25) is 0 Å². The van der Waals surface area contributed by atoms with Crippen LogP contribution in [0.5, 0.6) is 5.75 Å². The lowest BCUT2D eigenvalue weighted by molar-refractivity contribution is 0.473. The van der Waals surface area contributed by atoms with Gasteiger partial charge >= 0.3 is 0 Å². The van der Waals surface area contributed by atoms with Gasteiger partial charge in [-0.1, -0.05) is 33.8 Å². The molecule has 0 saturated carbocycles. The summed E-state index contributed by atoms with van der Waals surface area (Å²) < 4.78 is 0. The Hall–Kier alpha value is -0.980. The number of hydrogen-bond donors (Lipinski definition) is 1. The summed E-state index contributed by atoms with van der Waals surface area (Å²) in [5.74, 6) is 1.37. The predicted molar refractivity (Wildman–Crippen MR) is 56.3 cm³/mol. The molecule has 0 amide bonds. The molecular weight excluding hydrogens is 160 g/mol. The van der Waals surface area contributed by atoms with E-state index < -0.39 is 0 Å². The Balaban J connectivity index is 3.19. The highest BCUT2D eigenvalue weighted by atomic mass is 16.3. The Morgan fingerprint density at radius 3 is 1.92 bits per heavy atom. The molecule has 0 fully saturated rings. The van der Waals surface area contributed by atoms with Gasteiger partial charge in [-0.25, -0.2) is 0 Å². The Labute approximate surface area is 80.4 Å². The second-order valence-corrected chi connectivity index (χ2v) is 4.12. The highest BCUT2D eigenvalue weighted by molar-refractivity contribution is 5.38. The van der Waals surface area contributed by atoms with Gasteiger partial charge in [-0.2, -0.15) is 0 Å². The SMILES string of the molecule is CC(C)c1ccc(O)cc1C(C)C. The topological polar surface area (TPSA) is 20.2 Å². The summed E-state index contributed by atoms with van der Waals surface area (Å²) in [7, 11) is 0. The van der Waals surface area contributed by atoms with Gasteiger partial charge < -0.3 is 5.11 Å². The number of hydrogen-bond acceptors (Lipinski definition) is 1. The van der Waals surface area contributed by atoms with E-state index in [2.05, 4.69) is 27.7 Å². The first kappa shape index (κ1) is 10.1.